The van der Waals surface area contributed by atoms with Crippen LogP contribution in [0.25, 0.3) is 0 Å². The van der Waals surface area contributed by atoms with Crippen molar-refractivity contribution in [1.29, 1.82) is 0 Å². The number of likely N-dealkylation sites (tertiary alicyclic amines) is 1. The van der Waals surface area contributed by atoms with E-state index >= 15 is 0 Å². The molecule has 22 heavy (non-hydrogen) atoms. The SMILES string of the molecule is O=C(N[C@H](c1cc(F)ccc1F)C1CC1)N1CCC[C@@H]1CO. The molecule has 2 aliphatic rings. The van der Waals surface area contributed by atoms with Crippen molar-refractivity contribution < 1.29 is 18.7 Å². The third-order valence-corrected chi connectivity index (χ3v) is 4.51. The van der Waals surface area contributed by atoms with Gasteiger partial charge in [0.2, 0.25) is 0 Å². The highest BCUT2D eigenvalue weighted by atomic mass is 19.1. The van der Waals surface area contributed by atoms with E-state index in [1.54, 1.807) is 4.90 Å². The van der Waals surface area contributed by atoms with Crippen LogP contribution in [0.2, 0.25) is 0 Å². The van der Waals surface area contributed by atoms with Crippen molar-refractivity contribution in [2.24, 2.45) is 5.92 Å². The Bertz CT molecular complexity index is 563. The van der Waals surface area contributed by atoms with Crippen LogP contribution in [-0.2, 0) is 0 Å². The number of carbonyl (C=O) groups is 1. The van der Waals surface area contributed by atoms with E-state index in [0.29, 0.717) is 6.54 Å². The van der Waals surface area contributed by atoms with Gasteiger partial charge in [-0.05, 0) is 49.8 Å². The second kappa shape index (κ2) is 6.20. The minimum atomic E-state index is -0.511. The van der Waals surface area contributed by atoms with Crippen molar-refractivity contribution in [2.45, 2.75) is 37.8 Å². The maximum Gasteiger partial charge on any atom is 0.318 e. The van der Waals surface area contributed by atoms with Crippen molar-refractivity contribution in [1.82, 2.24) is 10.2 Å². The van der Waals surface area contributed by atoms with Crippen molar-refractivity contribution in [3.8, 4) is 0 Å². The number of aliphatic hydroxyl groups is 1. The summed E-state index contributed by atoms with van der Waals surface area (Å²) >= 11 is 0. The molecule has 1 aromatic rings. The number of halogens is 2. The minimum absolute atomic E-state index is 0.0736. The molecule has 4 nitrogen and oxygen atoms in total. The van der Waals surface area contributed by atoms with Crippen molar-refractivity contribution in [3.63, 3.8) is 0 Å². The number of urea groups is 1. The third kappa shape index (κ3) is 3.06. The molecule has 1 saturated heterocycles. The van der Waals surface area contributed by atoms with E-state index in [9.17, 15) is 18.7 Å². The molecule has 2 N–H and O–H groups in total. The Hall–Kier alpha value is -1.69. The first-order valence-corrected chi connectivity index (χ1v) is 7.73. The Balaban J connectivity index is 1.77. The van der Waals surface area contributed by atoms with E-state index in [4.69, 9.17) is 0 Å². The summed E-state index contributed by atoms with van der Waals surface area (Å²) in [5.74, 6) is -0.861. The standard InChI is InChI=1S/C16H20F2N2O2/c17-11-5-6-14(18)13(8-11)15(10-3-4-10)19-16(22)20-7-1-2-12(20)9-21/h5-6,8,10,12,15,21H,1-4,7,9H2,(H,19,22)/t12-,15+/m1/s1. The molecule has 2 amide bonds. The number of aliphatic hydroxyl groups excluding tert-OH is 1. The Morgan fingerprint density at radius 3 is 2.82 bits per heavy atom. The normalized spacial score (nSPS) is 22.7. The van der Waals surface area contributed by atoms with Crippen molar-refractivity contribution >= 4 is 6.03 Å². The van der Waals surface area contributed by atoms with Crippen LogP contribution < -0.4 is 5.32 Å². The molecule has 0 unspecified atom stereocenters. The molecule has 0 aromatic heterocycles. The summed E-state index contributed by atoms with van der Waals surface area (Å²) in [6.07, 6.45) is 3.40. The quantitative estimate of drug-likeness (QED) is 0.898. The van der Waals surface area contributed by atoms with Gasteiger partial charge in [-0.1, -0.05) is 0 Å². The van der Waals surface area contributed by atoms with Gasteiger partial charge in [-0.2, -0.15) is 0 Å². The number of rotatable bonds is 4. The van der Waals surface area contributed by atoms with Crippen LogP contribution >= 0.6 is 0 Å². The molecule has 1 aliphatic heterocycles. The second-order valence-corrected chi connectivity index (χ2v) is 6.10. The molecular formula is C16H20F2N2O2. The Morgan fingerprint density at radius 2 is 2.14 bits per heavy atom. The average molecular weight is 310 g/mol. The lowest BCUT2D eigenvalue weighted by Crippen LogP contribution is -2.45. The molecule has 6 heteroatoms. The van der Waals surface area contributed by atoms with Crippen LogP contribution in [0.1, 0.15) is 37.3 Å². The Morgan fingerprint density at radius 1 is 1.36 bits per heavy atom. The first-order valence-electron chi connectivity index (χ1n) is 7.73. The number of nitrogens with zero attached hydrogens (tertiary/aromatic N) is 1. The van der Waals surface area contributed by atoms with Gasteiger partial charge in [0.05, 0.1) is 18.7 Å². The van der Waals surface area contributed by atoms with Crippen LogP contribution in [0.3, 0.4) is 0 Å². The number of benzene rings is 1. The number of hydrogen-bond acceptors (Lipinski definition) is 2. The zero-order chi connectivity index (χ0) is 15.7. The number of carbonyl (C=O) groups excluding carboxylic acids is 1. The summed E-state index contributed by atoms with van der Waals surface area (Å²) in [5.41, 5.74) is 0.204. The topological polar surface area (TPSA) is 52.6 Å². The Kier molecular flexibility index (Phi) is 4.29. The summed E-state index contributed by atoms with van der Waals surface area (Å²) in [5, 5.41) is 12.1. The second-order valence-electron chi connectivity index (χ2n) is 6.10. The maximum absolute atomic E-state index is 14.0. The van der Waals surface area contributed by atoms with E-state index in [-0.39, 0.29) is 30.2 Å². The highest BCUT2D eigenvalue weighted by molar-refractivity contribution is 5.75. The first-order chi connectivity index (χ1) is 10.6. The third-order valence-electron chi connectivity index (χ3n) is 4.51. The fraction of sp³-hybridized carbons (Fsp3) is 0.562. The molecule has 1 heterocycles. The molecule has 0 bridgehead atoms. The summed E-state index contributed by atoms with van der Waals surface area (Å²) < 4.78 is 27.4. The van der Waals surface area contributed by atoms with E-state index in [2.05, 4.69) is 5.32 Å². The predicted molar refractivity (Wildman–Crippen MR) is 77.2 cm³/mol. The average Bonchev–Trinajstić information content (AvgIpc) is 3.23. The number of hydrogen-bond donors (Lipinski definition) is 2. The molecule has 1 saturated carbocycles. The highest BCUT2D eigenvalue weighted by Crippen LogP contribution is 2.42. The summed E-state index contributed by atoms with van der Waals surface area (Å²) in [6, 6.07) is 2.33. The lowest BCUT2D eigenvalue weighted by atomic mass is 10.0. The molecule has 2 fully saturated rings. The first kappa shape index (κ1) is 15.2. The highest BCUT2D eigenvalue weighted by Gasteiger charge is 2.37. The zero-order valence-corrected chi connectivity index (χ0v) is 12.3. The lowest BCUT2D eigenvalue weighted by molar-refractivity contribution is 0.153. The molecule has 1 aliphatic carbocycles. The van der Waals surface area contributed by atoms with Gasteiger partial charge >= 0.3 is 6.03 Å². The summed E-state index contributed by atoms with van der Waals surface area (Å²) in [4.78, 5) is 14.0. The summed E-state index contributed by atoms with van der Waals surface area (Å²) in [6.45, 7) is 0.510. The van der Waals surface area contributed by atoms with Gasteiger partial charge in [-0.25, -0.2) is 13.6 Å². The van der Waals surface area contributed by atoms with Crippen LogP contribution in [0.4, 0.5) is 13.6 Å². The van der Waals surface area contributed by atoms with Crippen molar-refractivity contribution in [2.75, 3.05) is 13.2 Å². The van der Waals surface area contributed by atoms with Gasteiger partial charge in [0.15, 0.2) is 0 Å². The predicted octanol–water partition coefficient (Wildman–Crippen LogP) is 2.58. The monoisotopic (exact) mass is 310 g/mol. The minimum Gasteiger partial charge on any atom is -0.394 e. The van der Waals surface area contributed by atoms with Gasteiger partial charge in [0, 0.05) is 12.1 Å². The van der Waals surface area contributed by atoms with Crippen molar-refractivity contribution in [3.05, 3.63) is 35.4 Å². The molecule has 0 spiro atoms. The number of nitrogens with one attached hydrogen (secondary N) is 1. The van der Waals surface area contributed by atoms with Crippen LogP contribution in [-0.4, -0.2) is 35.2 Å². The smallest absolute Gasteiger partial charge is 0.318 e. The van der Waals surface area contributed by atoms with E-state index in [1.807, 2.05) is 0 Å². The summed E-state index contributed by atoms with van der Waals surface area (Å²) in [7, 11) is 0. The van der Waals surface area contributed by atoms with Gasteiger partial charge in [-0.15, -0.1) is 0 Å². The molecule has 120 valence electrons. The largest absolute Gasteiger partial charge is 0.394 e. The zero-order valence-electron chi connectivity index (χ0n) is 12.3. The van der Waals surface area contributed by atoms with E-state index in [1.165, 1.54) is 0 Å². The Labute approximate surface area is 128 Å². The molecule has 2 atom stereocenters. The molecule has 1 aromatic carbocycles. The van der Waals surface area contributed by atoms with Gasteiger partial charge in [0.1, 0.15) is 11.6 Å². The van der Waals surface area contributed by atoms with E-state index < -0.39 is 17.7 Å². The van der Waals surface area contributed by atoms with Crippen LogP contribution in [0.15, 0.2) is 18.2 Å². The van der Waals surface area contributed by atoms with Gasteiger partial charge < -0.3 is 15.3 Å². The maximum atomic E-state index is 14.0. The number of amides is 2. The fourth-order valence-corrected chi connectivity index (χ4v) is 3.14. The van der Waals surface area contributed by atoms with Crippen LogP contribution in [0.5, 0.6) is 0 Å². The molecule has 3 rings (SSSR count). The molecule has 0 radical (unpaired) electrons. The van der Waals surface area contributed by atoms with Crippen LogP contribution in [0, 0.1) is 17.6 Å². The molecular weight excluding hydrogens is 290 g/mol. The van der Waals surface area contributed by atoms with E-state index in [0.717, 1.165) is 43.9 Å². The van der Waals surface area contributed by atoms with Gasteiger partial charge in [0.25, 0.3) is 0 Å². The fourth-order valence-electron chi connectivity index (χ4n) is 3.14. The lowest BCUT2D eigenvalue weighted by Gasteiger charge is -2.27. The van der Waals surface area contributed by atoms with Gasteiger partial charge in [-0.3, -0.25) is 0 Å².